The molecular formula is C14H28N2O2. The lowest BCUT2D eigenvalue weighted by Crippen LogP contribution is -2.66. The second kappa shape index (κ2) is 5.47. The highest BCUT2D eigenvalue weighted by atomic mass is 16.6. The van der Waals surface area contributed by atoms with E-state index in [-0.39, 0.29) is 23.3 Å². The molecule has 18 heavy (non-hydrogen) atoms. The highest BCUT2D eigenvalue weighted by molar-refractivity contribution is 5.66. The Labute approximate surface area is 111 Å². The van der Waals surface area contributed by atoms with Gasteiger partial charge in [0.2, 0.25) is 0 Å². The molecule has 106 valence electrons. The van der Waals surface area contributed by atoms with Gasteiger partial charge in [0.05, 0.1) is 0 Å². The van der Waals surface area contributed by atoms with Crippen molar-refractivity contribution in [2.45, 2.75) is 71.1 Å². The molecule has 4 heteroatoms. The summed E-state index contributed by atoms with van der Waals surface area (Å²) in [6, 6.07) is 0. The summed E-state index contributed by atoms with van der Waals surface area (Å²) in [7, 11) is 1.60. The van der Waals surface area contributed by atoms with Crippen LogP contribution in [0.3, 0.4) is 0 Å². The number of hydrogen-bond donors (Lipinski definition) is 2. The van der Waals surface area contributed by atoms with Gasteiger partial charge in [-0.1, -0.05) is 20.8 Å². The number of carbonyl (C=O) groups is 1. The summed E-state index contributed by atoms with van der Waals surface area (Å²) in [5.41, 5.74) is 0.0532. The zero-order valence-corrected chi connectivity index (χ0v) is 12.6. The third kappa shape index (κ3) is 2.97. The summed E-state index contributed by atoms with van der Waals surface area (Å²) in [4.78, 5) is 11.5. The molecule has 1 heterocycles. The Hall–Kier alpha value is -0.770. The minimum Gasteiger partial charge on any atom is -0.446 e. The number of piperidine rings is 1. The topological polar surface area (TPSA) is 50.4 Å². The van der Waals surface area contributed by atoms with Gasteiger partial charge < -0.3 is 15.4 Å². The number of carbonyl (C=O) groups excluding carboxylic acids is 1. The van der Waals surface area contributed by atoms with E-state index >= 15 is 0 Å². The number of ether oxygens (including phenoxy) is 1. The van der Waals surface area contributed by atoms with Gasteiger partial charge in [-0.2, -0.15) is 0 Å². The Morgan fingerprint density at radius 2 is 2.00 bits per heavy atom. The predicted octanol–water partition coefficient (Wildman–Crippen LogP) is 2.68. The maximum atomic E-state index is 11.5. The fraction of sp³-hybridized carbons (Fsp3) is 0.929. The Morgan fingerprint density at radius 1 is 1.39 bits per heavy atom. The molecular weight excluding hydrogens is 228 g/mol. The Balaban J connectivity index is 2.91. The monoisotopic (exact) mass is 256 g/mol. The van der Waals surface area contributed by atoms with Crippen LogP contribution < -0.4 is 10.6 Å². The van der Waals surface area contributed by atoms with E-state index < -0.39 is 0 Å². The molecule has 0 saturated carbocycles. The Bertz CT molecular complexity index is 308. The molecule has 0 aromatic heterocycles. The molecule has 2 N–H and O–H groups in total. The fourth-order valence-corrected chi connectivity index (χ4v) is 2.87. The molecule has 0 aromatic carbocycles. The molecule has 1 aliphatic rings. The van der Waals surface area contributed by atoms with Crippen LogP contribution >= 0.6 is 0 Å². The van der Waals surface area contributed by atoms with Gasteiger partial charge in [-0.3, -0.25) is 0 Å². The van der Waals surface area contributed by atoms with Gasteiger partial charge in [0.1, 0.15) is 6.10 Å². The van der Waals surface area contributed by atoms with Gasteiger partial charge in [-0.25, -0.2) is 4.79 Å². The predicted molar refractivity (Wildman–Crippen MR) is 73.6 cm³/mol. The first kappa shape index (κ1) is 15.3. The molecule has 4 unspecified atom stereocenters. The number of rotatable bonds is 3. The van der Waals surface area contributed by atoms with Crippen LogP contribution in [0.2, 0.25) is 0 Å². The molecule has 0 spiro atoms. The minimum absolute atomic E-state index is 0.0156. The maximum absolute atomic E-state index is 11.5. The van der Waals surface area contributed by atoms with Crippen LogP contribution in [0.25, 0.3) is 0 Å². The molecule has 0 aromatic rings. The first-order valence-corrected chi connectivity index (χ1v) is 6.98. The lowest BCUT2D eigenvalue weighted by Gasteiger charge is -2.52. The van der Waals surface area contributed by atoms with Crippen LogP contribution in [0.4, 0.5) is 4.79 Å². The van der Waals surface area contributed by atoms with Crippen LogP contribution in [0.5, 0.6) is 0 Å². The normalized spacial score (nSPS) is 40.3. The van der Waals surface area contributed by atoms with E-state index in [1.165, 1.54) is 0 Å². The summed E-state index contributed by atoms with van der Waals surface area (Å²) >= 11 is 0. The van der Waals surface area contributed by atoms with E-state index in [0.29, 0.717) is 5.92 Å². The zero-order chi connectivity index (χ0) is 14.0. The summed E-state index contributed by atoms with van der Waals surface area (Å²) in [6.45, 7) is 11.0. The number of alkyl carbamates (subject to hydrolysis) is 1. The Kier molecular flexibility index (Phi) is 4.65. The first-order valence-electron chi connectivity index (χ1n) is 6.98. The van der Waals surface area contributed by atoms with Gasteiger partial charge in [-0.05, 0) is 26.7 Å². The minimum atomic E-state index is -0.328. The zero-order valence-electron chi connectivity index (χ0n) is 12.6. The summed E-state index contributed by atoms with van der Waals surface area (Å²) in [5, 5.41) is 6.31. The van der Waals surface area contributed by atoms with Gasteiger partial charge >= 0.3 is 6.09 Å². The van der Waals surface area contributed by atoms with Crippen molar-refractivity contribution in [3.8, 4) is 0 Å². The van der Waals surface area contributed by atoms with E-state index in [1.54, 1.807) is 7.05 Å². The summed E-state index contributed by atoms with van der Waals surface area (Å²) in [6.07, 6.45) is 2.57. The third-order valence-corrected chi connectivity index (χ3v) is 4.78. The smallest absolute Gasteiger partial charge is 0.407 e. The molecule has 4 atom stereocenters. The summed E-state index contributed by atoms with van der Waals surface area (Å²) < 4.78 is 5.56. The van der Waals surface area contributed by atoms with Crippen molar-refractivity contribution in [3.05, 3.63) is 0 Å². The highest BCUT2D eigenvalue weighted by Crippen LogP contribution is 2.38. The lowest BCUT2D eigenvalue weighted by molar-refractivity contribution is -0.0367. The van der Waals surface area contributed by atoms with Crippen LogP contribution in [0, 0.1) is 5.92 Å². The first-order chi connectivity index (χ1) is 8.30. The van der Waals surface area contributed by atoms with Gasteiger partial charge in [0, 0.05) is 30.5 Å². The number of nitrogens with one attached hydrogen (secondary N) is 2. The molecule has 0 radical (unpaired) electrons. The van der Waals surface area contributed by atoms with Crippen molar-refractivity contribution in [2.75, 3.05) is 7.05 Å². The average Bonchev–Trinajstić information content (AvgIpc) is 2.35. The van der Waals surface area contributed by atoms with E-state index in [0.717, 1.165) is 19.3 Å². The van der Waals surface area contributed by atoms with Crippen molar-refractivity contribution in [2.24, 2.45) is 5.92 Å². The average molecular weight is 256 g/mol. The summed E-state index contributed by atoms with van der Waals surface area (Å²) in [5.74, 6) is 0.305. The molecule has 1 aliphatic heterocycles. The van der Waals surface area contributed by atoms with E-state index in [9.17, 15) is 4.79 Å². The molecule has 1 fully saturated rings. The highest BCUT2D eigenvalue weighted by Gasteiger charge is 2.47. The maximum Gasteiger partial charge on any atom is 0.407 e. The third-order valence-electron chi connectivity index (χ3n) is 4.78. The second-order valence-corrected chi connectivity index (χ2v) is 6.00. The molecule has 1 rings (SSSR count). The van der Waals surface area contributed by atoms with Crippen LogP contribution in [-0.4, -0.2) is 30.3 Å². The lowest BCUT2D eigenvalue weighted by atomic mass is 9.70. The van der Waals surface area contributed by atoms with E-state index in [4.69, 9.17) is 4.74 Å². The fourth-order valence-electron chi connectivity index (χ4n) is 2.87. The number of amides is 1. The molecule has 1 amide bonds. The van der Waals surface area contributed by atoms with Crippen molar-refractivity contribution < 1.29 is 9.53 Å². The van der Waals surface area contributed by atoms with Gasteiger partial charge in [0.15, 0.2) is 0 Å². The number of hydrogen-bond acceptors (Lipinski definition) is 3. The standard InChI is InChI=1S/C14H28N2O2/c1-7-13(4)9-11(18-12(17)15-6)10(3)14(5,8-2)16-13/h10-11,16H,7-9H2,1-6H3,(H,15,17). The molecule has 1 saturated heterocycles. The van der Waals surface area contributed by atoms with Gasteiger partial charge in [0.25, 0.3) is 0 Å². The quantitative estimate of drug-likeness (QED) is 0.816. The molecule has 0 aliphatic carbocycles. The van der Waals surface area contributed by atoms with Crippen LogP contribution in [-0.2, 0) is 4.74 Å². The van der Waals surface area contributed by atoms with Crippen molar-refractivity contribution in [1.29, 1.82) is 0 Å². The van der Waals surface area contributed by atoms with E-state index in [2.05, 4.69) is 45.3 Å². The SMILES string of the molecule is CCC1(C)CC(OC(=O)NC)C(C)C(C)(CC)N1. The van der Waals surface area contributed by atoms with Crippen molar-refractivity contribution in [3.63, 3.8) is 0 Å². The van der Waals surface area contributed by atoms with Crippen molar-refractivity contribution in [1.82, 2.24) is 10.6 Å². The largest absolute Gasteiger partial charge is 0.446 e. The van der Waals surface area contributed by atoms with E-state index in [1.807, 2.05) is 0 Å². The molecule has 4 nitrogen and oxygen atoms in total. The van der Waals surface area contributed by atoms with Crippen LogP contribution in [0.15, 0.2) is 0 Å². The van der Waals surface area contributed by atoms with Crippen molar-refractivity contribution >= 4 is 6.09 Å². The van der Waals surface area contributed by atoms with Crippen LogP contribution in [0.1, 0.15) is 53.9 Å². The molecule has 0 bridgehead atoms. The second-order valence-electron chi connectivity index (χ2n) is 6.00. The Morgan fingerprint density at radius 3 is 2.44 bits per heavy atom. The van der Waals surface area contributed by atoms with Gasteiger partial charge in [-0.15, -0.1) is 0 Å².